The van der Waals surface area contributed by atoms with E-state index in [0.29, 0.717) is 30.3 Å². The molecule has 2 fully saturated rings. The smallest absolute Gasteiger partial charge is 0.329 e. The summed E-state index contributed by atoms with van der Waals surface area (Å²) >= 11 is 0. The molecule has 0 aliphatic carbocycles. The number of aromatic amines is 1. The van der Waals surface area contributed by atoms with Crippen LogP contribution in [-0.2, 0) is 4.79 Å². The molecule has 8 nitrogen and oxygen atoms in total. The summed E-state index contributed by atoms with van der Waals surface area (Å²) in [7, 11) is 0. The molecule has 170 valence electrons. The molecule has 0 spiro atoms. The SMILES string of the molecule is Cc1cc(C)c2c(C3CCN(C(=O)c4ccc(N5C(=O)NC(=O)C5C)cc4)CC3)n[nH]c2c1. The van der Waals surface area contributed by atoms with Crippen molar-refractivity contribution in [1.82, 2.24) is 20.4 Å². The fraction of sp³-hybridized carbons (Fsp3) is 0.360. The van der Waals surface area contributed by atoms with E-state index in [-0.39, 0.29) is 11.8 Å². The normalized spacial score (nSPS) is 19.4. The number of nitrogens with one attached hydrogen (secondary N) is 2. The van der Waals surface area contributed by atoms with Crippen molar-refractivity contribution in [3.05, 3.63) is 58.8 Å². The molecule has 0 bridgehead atoms. The lowest BCUT2D eigenvalue weighted by molar-refractivity contribution is -0.119. The Balaban J connectivity index is 1.27. The molecule has 0 radical (unpaired) electrons. The number of piperidine rings is 1. The van der Waals surface area contributed by atoms with Gasteiger partial charge in [-0.05, 0) is 75.1 Å². The Hall–Kier alpha value is -3.68. The number of carbonyl (C=O) groups is 3. The second-order valence-electron chi connectivity index (χ2n) is 9.07. The monoisotopic (exact) mass is 445 g/mol. The summed E-state index contributed by atoms with van der Waals surface area (Å²) < 4.78 is 0. The van der Waals surface area contributed by atoms with Crippen molar-refractivity contribution in [1.29, 1.82) is 0 Å². The zero-order valence-electron chi connectivity index (χ0n) is 19.0. The molecule has 2 aliphatic heterocycles. The molecule has 2 saturated heterocycles. The van der Waals surface area contributed by atoms with E-state index < -0.39 is 12.1 Å². The van der Waals surface area contributed by atoms with E-state index in [2.05, 4.69) is 41.5 Å². The molecule has 1 atom stereocenters. The Bertz CT molecular complexity index is 1260. The predicted molar refractivity (Wildman–Crippen MR) is 125 cm³/mol. The highest BCUT2D eigenvalue weighted by molar-refractivity contribution is 6.14. The highest BCUT2D eigenvalue weighted by Crippen LogP contribution is 2.34. The molecule has 5 rings (SSSR count). The van der Waals surface area contributed by atoms with E-state index in [1.807, 2.05) is 4.90 Å². The molecule has 4 amide bonds. The topological polar surface area (TPSA) is 98.4 Å². The molecule has 8 heteroatoms. The number of benzene rings is 2. The van der Waals surface area contributed by atoms with Crippen molar-refractivity contribution in [2.75, 3.05) is 18.0 Å². The first-order valence-electron chi connectivity index (χ1n) is 11.3. The van der Waals surface area contributed by atoms with Gasteiger partial charge in [-0.2, -0.15) is 5.10 Å². The number of urea groups is 1. The van der Waals surface area contributed by atoms with Gasteiger partial charge < -0.3 is 4.90 Å². The van der Waals surface area contributed by atoms with Crippen LogP contribution in [0.15, 0.2) is 36.4 Å². The van der Waals surface area contributed by atoms with E-state index in [4.69, 9.17) is 0 Å². The summed E-state index contributed by atoms with van der Waals surface area (Å²) in [6.07, 6.45) is 1.73. The highest BCUT2D eigenvalue weighted by Gasteiger charge is 2.36. The minimum absolute atomic E-state index is 0.0197. The summed E-state index contributed by atoms with van der Waals surface area (Å²) in [5.41, 5.74) is 5.79. The van der Waals surface area contributed by atoms with Gasteiger partial charge in [0.1, 0.15) is 6.04 Å². The Labute approximate surface area is 191 Å². The molecule has 2 N–H and O–H groups in total. The van der Waals surface area contributed by atoms with Gasteiger partial charge in [0.25, 0.3) is 11.8 Å². The highest BCUT2D eigenvalue weighted by atomic mass is 16.2. The van der Waals surface area contributed by atoms with Crippen LogP contribution in [0.5, 0.6) is 0 Å². The fourth-order valence-corrected chi connectivity index (χ4v) is 5.07. The van der Waals surface area contributed by atoms with Crippen molar-refractivity contribution in [3.63, 3.8) is 0 Å². The quantitative estimate of drug-likeness (QED) is 0.602. The van der Waals surface area contributed by atoms with Crippen LogP contribution in [0, 0.1) is 13.8 Å². The third-order valence-electron chi connectivity index (χ3n) is 6.81. The molecule has 1 unspecified atom stereocenters. The average molecular weight is 446 g/mol. The fourth-order valence-electron chi connectivity index (χ4n) is 5.07. The Kier molecular flexibility index (Phi) is 5.15. The number of nitrogens with zero attached hydrogens (tertiary/aromatic N) is 3. The van der Waals surface area contributed by atoms with Crippen molar-refractivity contribution in [3.8, 4) is 0 Å². The van der Waals surface area contributed by atoms with Crippen molar-refractivity contribution in [2.24, 2.45) is 0 Å². The van der Waals surface area contributed by atoms with Gasteiger partial charge in [0, 0.05) is 35.6 Å². The van der Waals surface area contributed by atoms with Crippen LogP contribution in [0.4, 0.5) is 10.5 Å². The number of aryl methyl sites for hydroxylation is 2. The zero-order chi connectivity index (χ0) is 23.3. The first-order chi connectivity index (χ1) is 15.8. The van der Waals surface area contributed by atoms with Gasteiger partial charge in [-0.1, -0.05) is 6.07 Å². The van der Waals surface area contributed by atoms with Gasteiger partial charge in [0.2, 0.25) is 0 Å². The number of H-pyrrole nitrogens is 1. The van der Waals surface area contributed by atoms with Gasteiger partial charge in [-0.3, -0.25) is 24.9 Å². The summed E-state index contributed by atoms with van der Waals surface area (Å²) in [6, 6.07) is 10.2. The number of aromatic nitrogens is 2. The van der Waals surface area contributed by atoms with Crippen LogP contribution in [0.2, 0.25) is 0 Å². The van der Waals surface area contributed by atoms with Crippen LogP contribution in [0.3, 0.4) is 0 Å². The van der Waals surface area contributed by atoms with E-state index in [1.165, 1.54) is 21.4 Å². The summed E-state index contributed by atoms with van der Waals surface area (Å²) in [5.74, 6) is -0.0222. The van der Waals surface area contributed by atoms with Gasteiger partial charge in [-0.15, -0.1) is 0 Å². The second-order valence-corrected chi connectivity index (χ2v) is 9.07. The predicted octanol–water partition coefficient (Wildman–Crippen LogP) is 3.64. The Morgan fingerprint density at radius 3 is 2.39 bits per heavy atom. The van der Waals surface area contributed by atoms with E-state index in [9.17, 15) is 14.4 Å². The number of likely N-dealkylation sites (tertiary alicyclic amines) is 1. The molecular weight excluding hydrogens is 418 g/mol. The molecule has 2 aliphatic rings. The van der Waals surface area contributed by atoms with Gasteiger partial charge >= 0.3 is 6.03 Å². The number of amides is 4. The van der Waals surface area contributed by atoms with Crippen molar-refractivity contribution < 1.29 is 14.4 Å². The maximum Gasteiger partial charge on any atom is 0.329 e. The van der Waals surface area contributed by atoms with Gasteiger partial charge in [0.15, 0.2) is 0 Å². The van der Waals surface area contributed by atoms with Crippen LogP contribution in [0.25, 0.3) is 10.9 Å². The summed E-state index contributed by atoms with van der Waals surface area (Å²) in [6.45, 7) is 7.23. The van der Waals surface area contributed by atoms with Crippen LogP contribution >= 0.6 is 0 Å². The number of imide groups is 1. The van der Waals surface area contributed by atoms with E-state index in [1.54, 1.807) is 31.2 Å². The summed E-state index contributed by atoms with van der Waals surface area (Å²) in [4.78, 5) is 40.1. The lowest BCUT2D eigenvalue weighted by atomic mass is 9.90. The molecule has 3 heterocycles. The number of hydrogen-bond donors (Lipinski definition) is 2. The minimum atomic E-state index is -0.566. The third kappa shape index (κ3) is 3.65. The third-order valence-corrected chi connectivity index (χ3v) is 6.81. The van der Waals surface area contributed by atoms with Crippen LogP contribution in [-0.4, -0.2) is 52.1 Å². The Morgan fingerprint density at radius 2 is 1.76 bits per heavy atom. The van der Waals surface area contributed by atoms with E-state index in [0.717, 1.165) is 24.1 Å². The Morgan fingerprint density at radius 1 is 1.06 bits per heavy atom. The van der Waals surface area contributed by atoms with Crippen molar-refractivity contribution in [2.45, 2.75) is 45.6 Å². The maximum absolute atomic E-state index is 13.1. The number of fused-ring (bicyclic) bond motifs is 1. The zero-order valence-corrected chi connectivity index (χ0v) is 19.0. The van der Waals surface area contributed by atoms with E-state index >= 15 is 0 Å². The molecule has 3 aromatic rings. The molecule has 33 heavy (non-hydrogen) atoms. The van der Waals surface area contributed by atoms with Gasteiger partial charge in [-0.25, -0.2) is 4.79 Å². The number of carbonyl (C=O) groups excluding carboxylic acids is 3. The second kappa shape index (κ2) is 8.03. The number of anilines is 1. The number of hydrogen-bond acceptors (Lipinski definition) is 4. The van der Waals surface area contributed by atoms with Crippen molar-refractivity contribution >= 4 is 34.4 Å². The van der Waals surface area contributed by atoms with Gasteiger partial charge in [0.05, 0.1) is 11.2 Å². The standard InChI is InChI=1S/C25H27N5O3/c1-14-12-15(2)21-20(13-14)27-28-22(21)17-8-10-29(11-9-17)24(32)18-4-6-19(7-5-18)30-16(3)23(31)26-25(30)33/h4-7,12-13,16-17H,8-11H2,1-3H3,(H,27,28)(H,26,31,33). The van der Waals surface area contributed by atoms with Crippen LogP contribution < -0.4 is 10.2 Å². The minimum Gasteiger partial charge on any atom is -0.339 e. The summed E-state index contributed by atoms with van der Waals surface area (Å²) in [5, 5.41) is 11.3. The molecule has 1 aromatic heterocycles. The number of rotatable bonds is 3. The lowest BCUT2D eigenvalue weighted by Gasteiger charge is -2.31. The molecular formula is C25H27N5O3. The lowest BCUT2D eigenvalue weighted by Crippen LogP contribution is -2.38. The first-order valence-corrected chi connectivity index (χ1v) is 11.3. The largest absolute Gasteiger partial charge is 0.339 e. The molecule has 2 aromatic carbocycles. The first kappa shape index (κ1) is 21.2. The molecule has 0 saturated carbocycles. The average Bonchev–Trinajstić information content (AvgIpc) is 3.34. The van der Waals surface area contributed by atoms with Crippen LogP contribution in [0.1, 0.15) is 52.9 Å². The maximum atomic E-state index is 13.1.